The number of carbonyl (C=O) groups is 1. The highest BCUT2D eigenvalue weighted by atomic mass is 35.5. The van der Waals surface area contributed by atoms with Crippen molar-refractivity contribution in [2.75, 3.05) is 6.61 Å². The standard InChI is InChI=1S/C13H16Cl2O3/c1-8(2)7-18-12(13(16)17)6-9-3-4-10(14)11(15)5-9/h3-5,8,12H,6-7H2,1-2H3,(H,16,17). The first-order valence-electron chi connectivity index (χ1n) is 5.68. The monoisotopic (exact) mass is 290 g/mol. The van der Waals surface area contributed by atoms with E-state index in [1.165, 1.54) is 0 Å². The number of benzene rings is 1. The minimum atomic E-state index is -0.971. The quantitative estimate of drug-likeness (QED) is 0.870. The van der Waals surface area contributed by atoms with E-state index < -0.39 is 12.1 Å². The van der Waals surface area contributed by atoms with Crippen LogP contribution in [0.5, 0.6) is 0 Å². The molecule has 0 radical (unpaired) electrons. The first-order valence-corrected chi connectivity index (χ1v) is 6.44. The summed E-state index contributed by atoms with van der Waals surface area (Å²) in [5.74, 6) is -0.678. The maximum absolute atomic E-state index is 11.1. The van der Waals surface area contributed by atoms with E-state index in [-0.39, 0.29) is 6.42 Å². The van der Waals surface area contributed by atoms with Gasteiger partial charge in [0.05, 0.1) is 16.7 Å². The molecule has 1 N–H and O–H groups in total. The Morgan fingerprint density at radius 2 is 2.00 bits per heavy atom. The van der Waals surface area contributed by atoms with Crippen molar-refractivity contribution < 1.29 is 14.6 Å². The molecular weight excluding hydrogens is 275 g/mol. The lowest BCUT2D eigenvalue weighted by atomic mass is 10.1. The minimum Gasteiger partial charge on any atom is -0.479 e. The Morgan fingerprint density at radius 3 is 2.50 bits per heavy atom. The molecule has 1 atom stereocenters. The average molecular weight is 291 g/mol. The van der Waals surface area contributed by atoms with Gasteiger partial charge in [-0.1, -0.05) is 43.1 Å². The summed E-state index contributed by atoms with van der Waals surface area (Å²) in [6.45, 7) is 4.36. The van der Waals surface area contributed by atoms with E-state index in [9.17, 15) is 4.79 Å². The van der Waals surface area contributed by atoms with Crippen LogP contribution in [0.1, 0.15) is 19.4 Å². The van der Waals surface area contributed by atoms with Gasteiger partial charge in [0, 0.05) is 6.42 Å². The molecule has 1 aromatic rings. The fraction of sp³-hybridized carbons (Fsp3) is 0.462. The van der Waals surface area contributed by atoms with Crippen LogP contribution in [0.3, 0.4) is 0 Å². The first kappa shape index (κ1) is 15.3. The second kappa shape index (κ2) is 6.98. The Balaban J connectivity index is 2.70. The number of carboxylic acids is 1. The van der Waals surface area contributed by atoms with Crippen LogP contribution in [-0.2, 0) is 16.0 Å². The van der Waals surface area contributed by atoms with Crippen molar-refractivity contribution in [1.29, 1.82) is 0 Å². The molecular formula is C13H16Cl2O3. The molecule has 5 heteroatoms. The van der Waals surface area contributed by atoms with Crippen molar-refractivity contribution in [2.45, 2.75) is 26.4 Å². The minimum absolute atomic E-state index is 0.277. The molecule has 0 heterocycles. The lowest BCUT2D eigenvalue weighted by Gasteiger charge is -2.15. The van der Waals surface area contributed by atoms with Crippen LogP contribution >= 0.6 is 23.2 Å². The van der Waals surface area contributed by atoms with Gasteiger partial charge in [-0.2, -0.15) is 0 Å². The SMILES string of the molecule is CC(C)COC(Cc1ccc(Cl)c(Cl)c1)C(=O)O. The second-order valence-electron chi connectivity index (χ2n) is 4.51. The lowest BCUT2D eigenvalue weighted by molar-refractivity contribution is -0.150. The van der Waals surface area contributed by atoms with Crippen molar-refractivity contribution in [3.8, 4) is 0 Å². The second-order valence-corrected chi connectivity index (χ2v) is 5.32. The molecule has 0 fully saturated rings. The Hall–Kier alpha value is -0.770. The highest BCUT2D eigenvalue weighted by Crippen LogP contribution is 2.23. The zero-order valence-corrected chi connectivity index (χ0v) is 11.8. The zero-order chi connectivity index (χ0) is 13.7. The third-order valence-electron chi connectivity index (χ3n) is 2.31. The van der Waals surface area contributed by atoms with Gasteiger partial charge in [-0.05, 0) is 23.6 Å². The van der Waals surface area contributed by atoms with Crippen molar-refractivity contribution in [3.63, 3.8) is 0 Å². The molecule has 18 heavy (non-hydrogen) atoms. The third-order valence-corrected chi connectivity index (χ3v) is 3.05. The molecule has 0 spiro atoms. The van der Waals surface area contributed by atoms with E-state index in [1.807, 2.05) is 13.8 Å². The molecule has 0 bridgehead atoms. The number of ether oxygens (including phenoxy) is 1. The van der Waals surface area contributed by atoms with Gasteiger partial charge in [0.25, 0.3) is 0 Å². The molecule has 0 saturated carbocycles. The van der Waals surface area contributed by atoms with E-state index in [0.717, 1.165) is 5.56 Å². The molecule has 1 unspecified atom stereocenters. The van der Waals surface area contributed by atoms with E-state index in [2.05, 4.69) is 0 Å². The van der Waals surface area contributed by atoms with Crippen LogP contribution in [0.15, 0.2) is 18.2 Å². The third kappa shape index (κ3) is 4.84. The number of hydrogen-bond donors (Lipinski definition) is 1. The van der Waals surface area contributed by atoms with Gasteiger partial charge in [-0.3, -0.25) is 0 Å². The molecule has 0 amide bonds. The van der Waals surface area contributed by atoms with Crippen LogP contribution in [-0.4, -0.2) is 23.8 Å². The molecule has 0 aromatic heterocycles. The van der Waals surface area contributed by atoms with E-state index in [0.29, 0.717) is 22.6 Å². The molecule has 0 saturated heterocycles. The Kier molecular flexibility index (Phi) is 5.93. The van der Waals surface area contributed by atoms with E-state index in [4.69, 9.17) is 33.0 Å². The summed E-state index contributed by atoms with van der Waals surface area (Å²) in [5.41, 5.74) is 0.792. The summed E-state index contributed by atoms with van der Waals surface area (Å²) in [5, 5.41) is 9.96. The van der Waals surface area contributed by atoms with Crippen LogP contribution in [0.4, 0.5) is 0 Å². The average Bonchev–Trinajstić information content (AvgIpc) is 2.28. The molecule has 0 aliphatic carbocycles. The smallest absolute Gasteiger partial charge is 0.333 e. The van der Waals surface area contributed by atoms with Crippen molar-refractivity contribution >= 4 is 29.2 Å². The van der Waals surface area contributed by atoms with Gasteiger partial charge >= 0.3 is 5.97 Å². The summed E-state index contributed by atoms with van der Waals surface area (Å²) in [7, 11) is 0. The van der Waals surface area contributed by atoms with Crippen LogP contribution in [0.2, 0.25) is 10.0 Å². The Bertz CT molecular complexity index is 419. The Labute approximate surface area is 117 Å². The summed E-state index contributed by atoms with van der Waals surface area (Å²) in [6, 6.07) is 5.07. The summed E-state index contributed by atoms with van der Waals surface area (Å²) >= 11 is 11.7. The predicted molar refractivity (Wildman–Crippen MR) is 72.4 cm³/mol. The maximum Gasteiger partial charge on any atom is 0.333 e. The van der Waals surface area contributed by atoms with Crippen molar-refractivity contribution in [2.24, 2.45) is 5.92 Å². The van der Waals surface area contributed by atoms with Gasteiger partial charge in [0.2, 0.25) is 0 Å². The molecule has 1 aromatic carbocycles. The number of carboxylic acid groups (broad SMARTS) is 1. The van der Waals surface area contributed by atoms with Crippen LogP contribution in [0.25, 0.3) is 0 Å². The molecule has 100 valence electrons. The fourth-order valence-corrected chi connectivity index (χ4v) is 1.73. The summed E-state index contributed by atoms with van der Waals surface area (Å²) in [6.07, 6.45) is -0.580. The number of hydrogen-bond acceptors (Lipinski definition) is 2. The number of aliphatic carboxylic acids is 1. The maximum atomic E-state index is 11.1. The number of rotatable bonds is 6. The van der Waals surface area contributed by atoms with Crippen LogP contribution < -0.4 is 0 Å². The predicted octanol–water partition coefficient (Wildman–Crippen LogP) is 3.66. The Morgan fingerprint density at radius 1 is 1.33 bits per heavy atom. The van der Waals surface area contributed by atoms with Gasteiger partial charge in [0.1, 0.15) is 0 Å². The topological polar surface area (TPSA) is 46.5 Å². The zero-order valence-electron chi connectivity index (χ0n) is 10.3. The highest BCUT2D eigenvalue weighted by Gasteiger charge is 2.19. The summed E-state index contributed by atoms with van der Waals surface area (Å²) in [4.78, 5) is 11.1. The van der Waals surface area contributed by atoms with Gasteiger partial charge < -0.3 is 9.84 Å². The highest BCUT2D eigenvalue weighted by molar-refractivity contribution is 6.42. The number of halogens is 2. The van der Waals surface area contributed by atoms with Gasteiger partial charge in [-0.25, -0.2) is 4.79 Å². The van der Waals surface area contributed by atoms with Gasteiger partial charge in [0.15, 0.2) is 6.10 Å². The normalized spacial score (nSPS) is 12.7. The van der Waals surface area contributed by atoms with Crippen molar-refractivity contribution in [3.05, 3.63) is 33.8 Å². The first-order chi connectivity index (χ1) is 8.40. The molecule has 3 nitrogen and oxygen atoms in total. The summed E-state index contributed by atoms with van der Waals surface area (Å²) < 4.78 is 5.36. The molecule has 0 aliphatic rings. The van der Waals surface area contributed by atoms with Gasteiger partial charge in [-0.15, -0.1) is 0 Å². The largest absolute Gasteiger partial charge is 0.479 e. The fourth-order valence-electron chi connectivity index (χ4n) is 1.41. The van der Waals surface area contributed by atoms with E-state index in [1.54, 1.807) is 18.2 Å². The molecule has 1 rings (SSSR count). The lowest BCUT2D eigenvalue weighted by Crippen LogP contribution is -2.28. The van der Waals surface area contributed by atoms with E-state index >= 15 is 0 Å². The van der Waals surface area contributed by atoms with Crippen LogP contribution in [0, 0.1) is 5.92 Å². The molecule has 0 aliphatic heterocycles. The van der Waals surface area contributed by atoms with Crippen molar-refractivity contribution in [1.82, 2.24) is 0 Å².